The lowest BCUT2D eigenvalue weighted by Gasteiger charge is -2.39. The number of nitrogens with one attached hydrogen (secondary N) is 3. The summed E-state index contributed by atoms with van der Waals surface area (Å²) in [7, 11) is 0. The molecule has 364 valence electrons. The molecule has 4 aliphatic rings. The third kappa shape index (κ3) is 11.4. The molecule has 2 aromatic carbocycles. The van der Waals surface area contributed by atoms with Gasteiger partial charge in [0.05, 0.1) is 35.2 Å². The number of nitrogens with zero attached hydrogens (tertiary/aromatic N) is 7. The van der Waals surface area contributed by atoms with E-state index in [1.165, 1.54) is 6.07 Å². The Kier molecular flexibility index (Phi) is 15.2. The number of carbonyl (C=O) groups is 4. The van der Waals surface area contributed by atoms with E-state index >= 15 is 4.39 Å². The molecule has 4 fully saturated rings. The SMILES string of the molecule is C[C@@H](Oc1ccc2[nH]nc(-c3ccc(N4CCN(C(=O)C5CCN(C(=O)CCOCCN6CCC(c7ccc(NC8CCC(=O)NC8=O)cc7F)CC6)CC5)CC4)nc3)c2c1)c1c(Cl)cncc1Cl. The number of hydrogen-bond acceptors (Lipinski definition) is 12. The van der Waals surface area contributed by atoms with Crippen LogP contribution in [0.15, 0.2) is 67.1 Å². The van der Waals surface area contributed by atoms with E-state index in [1.807, 2.05) is 53.3 Å². The first-order valence-corrected chi connectivity index (χ1v) is 24.6. The summed E-state index contributed by atoms with van der Waals surface area (Å²) in [6.07, 6.45) is 8.41. The van der Waals surface area contributed by atoms with Gasteiger partial charge in [-0.1, -0.05) is 29.3 Å². The van der Waals surface area contributed by atoms with E-state index in [-0.39, 0.29) is 47.7 Å². The van der Waals surface area contributed by atoms with Crippen molar-refractivity contribution < 1.29 is 33.0 Å². The second kappa shape index (κ2) is 21.8. The Hall–Kier alpha value is -5.88. The number of rotatable bonds is 15. The summed E-state index contributed by atoms with van der Waals surface area (Å²) in [5, 5.41) is 14.8. The molecular weight excluding hydrogens is 927 g/mol. The molecule has 4 aliphatic heterocycles. The zero-order valence-corrected chi connectivity index (χ0v) is 40.1. The van der Waals surface area contributed by atoms with Gasteiger partial charge >= 0.3 is 0 Å². The number of halogens is 3. The van der Waals surface area contributed by atoms with Gasteiger partial charge in [0.1, 0.15) is 35.2 Å². The summed E-state index contributed by atoms with van der Waals surface area (Å²) in [6.45, 7) is 8.83. The molecule has 16 nitrogen and oxygen atoms in total. The molecule has 0 spiro atoms. The minimum atomic E-state index is -0.559. The van der Waals surface area contributed by atoms with Crippen molar-refractivity contribution in [2.24, 2.45) is 5.92 Å². The Labute approximate surface area is 410 Å². The largest absolute Gasteiger partial charge is 0.486 e. The maximum atomic E-state index is 15.2. The van der Waals surface area contributed by atoms with Gasteiger partial charge in [-0.05, 0) is 106 Å². The minimum absolute atomic E-state index is 0.0524. The van der Waals surface area contributed by atoms with Crippen molar-refractivity contribution in [1.29, 1.82) is 0 Å². The molecule has 4 amide bonds. The molecule has 69 heavy (non-hydrogen) atoms. The highest BCUT2D eigenvalue weighted by Gasteiger charge is 2.33. The van der Waals surface area contributed by atoms with E-state index in [4.69, 9.17) is 37.7 Å². The van der Waals surface area contributed by atoms with Crippen molar-refractivity contribution in [2.75, 3.05) is 82.3 Å². The van der Waals surface area contributed by atoms with Crippen LogP contribution in [0.4, 0.5) is 15.9 Å². The van der Waals surface area contributed by atoms with Crippen molar-refractivity contribution >= 4 is 69.2 Å². The fourth-order valence-corrected chi connectivity index (χ4v) is 10.6. The Morgan fingerprint density at radius 1 is 0.870 bits per heavy atom. The highest BCUT2D eigenvalue weighted by molar-refractivity contribution is 6.35. The third-order valence-electron chi connectivity index (χ3n) is 13.9. The molecule has 0 radical (unpaired) electrons. The van der Waals surface area contributed by atoms with Crippen LogP contribution in [0.25, 0.3) is 22.2 Å². The molecule has 2 atom stereocenters. The van der Waals surface area contributed by atoms with Gasteiger partial charge in [0.25, 0.3) is 0 Å². The van der Waals surface area contributed by atoms with Gasteiger partial charge in [-0.15, -0.1) is 0 Å². The van der Waals surface area contributed by atoms with Crippen molar-refractivity contribution in [3.63, 3.8) is 0 Å². The van der Waals surface area contributed by atoms with Crippen LogP contribution >= 0.6 is 23.2 Å². The van der Waals surface area contributed by atoms with Crippen LogP contribution in [0.2, 0.25) is 10.0 Å². The lowest BCUT2D eigenvalue weighted by atomic mass is 9.89. The summed E-state index contributed by atoms with van der Waals surface area (Å²) in [6, 6.07) is 14.2. The van der Waals surface area contributed by atoms with Crippen LogP contribution in [0, 0.1) is 11.7 Å². The quantitative estimate of drug-likeness (QED) is 0.0725. The minimum Gasteiger partial charge on any atom is -0.486 e. The van der Waals surface area contributed by atoms with Gasteiger partial charge in [-0.3, -0.25) is 34.6 Å². The lowest BCUT2D eigenvalue weighted by Crippen LogP contribution is -2.52. The number of pyridine rings is 2. The van der Waals surface area contributed by atoms with Crippen LogP contribution in [0.3, 0.4) is 0 Å². The van der Waals surface area contributed by atoms with E-state index < -0.39 is 12.1 Å². The molecule has 1 unspecified atom stereocenters. The van der Waals surface area contributed by atoms with Crippen LogP contribution in [0.1, 0.15) is 75.0 Å². The zero-order valence-electron chi connectivity index (χ0n) is 38.6. The van der Waals surface area contributed by atoms with Gasteiger partial charge < -0.3 is 34.4 Å². The third-order valence-corrected chi connectivity index (χ3v) is 14.5. The number of H-pyrrole nitrogens is 1. The number of anilines is 2. The van der Waals surface area contributed by atoms with Crippen molar-refractivity contribution in [3.8, 4) is 17.0 Å². The van der Waals surface area contributed by atoms with Gasteiger partial charge in [-0.2, -0.15) is 5.10 Å². The van der Waals surface area contributed by atoms with Crippen molar-refractivity contribution in [2.45, 2.75) is 69.9 Å². The van der Waals surface area contributed by atoms with Gasteiger partial charge in [0, 0.05) is 98.9 Å². The maximum Gasteiger partial charge on any atom is 0.249 e. The van der Waals surface area contributed by atoms with Crippen LogP contribution in [-0.2, 0) is 23.9 Å². The second-order valence-corrected chi connectivity index (χ2v) is 19.1. The van der Waals surface area contributed by atoms with Crippen molar-refractivity contribution in [1.82, 2.24) is 40.2 Å². The highest BCUT2D eigenvalue weighted by Crippen LogP contribution is 2.36. The van der Waals surface area contributed by atoms with E-state index in [1.54, 1.807) is 24.5 Å². The first kappa shape index (κ1) is 48.2. The number of carbonyl (C=O) groups excluding carboxylic acids is 4. The normalized spacial score (nSPS) is 19.2. The van der Waals surface area contributed by atoms with E-state index in [2.05, 4.69) is 35.6 Å². The Bertz CT molecular complexity index is 2630. The molecule has 5 aromatic rings. The first-order valence-electron chi connectivity index (χ1n) is 23.9. The fourth-order valence-electron chi connectivity index (χ4n) is 9.92. The molecule has 9 rings (SSSR count). The number of hydrogen-bond donors (Lipinski definition) is 3. The molecule has 3 aromatic heterocycles. The number of fused-ring (bicyclic) bond motifs is 1. The van der Waals surface area contributed by atoms with E-state index in [0.717, 1.165) is 60.5 Å². The summed E-state index contributed by atoms with van der Waals surface area (Å²) >= 11 is 12.7. The van der Waals surface area contributed by atoms with Crippen LogP contribution < -0.4 is 20.3 Å². The van der Waals surface area contributed by atoms with Gasteiger partial charge in [0.15, 0.2) is 0 Å². The van der Waals surface area contributed by atoms with E-state index in [9.17, 15) is 19.2 Å². The summed E-state index contributed by atoms with van der Waals surface area (Å²) in [5.74, 6) is 0.737. The summed E-state index contributed by atoms with van der Waals surface area (Å²) in [5.41, 5.74) is 4.35. The standard InChI is InChI=1S/C50H57Cl2FN10O6/c1-31(47-39(51)29-54-30-40(47)52)69-36-4-6-42-38(27-36)48(59-58-42)34-2-8-44(55-28-34)61-19-21-63(22-20-61)50(67)33-12-17-62(18-13-33)46(65)14-24-68-25-23-60-15-10-32(11-16-60)37-5-3-35(26-41(37)53)56-43-7-9-45(64)57-49(43)66/h2-6,8,26-33,43,56H,7,9-25H2,1H3,(H,58,59)(H,57,64,66)/t31-,43?/m1/s1. The Morgan fingerprint density at radius 2 is 1.64 bits per heavy atom. The summed E-state index contributed by atoms with van der Waals surface area (Å²) in [4.78, 5) is 67.3. The fraction of sp³-hybridized carbons (Fsp3) is 0.460. The Balaban J connectivity index is 0.653. The lowest BCUT2D eigenvalue weighted by molar-refractivity contribution is -0.141. The molecule has 3 N–H and O–H groups in total. The maximum absolute atomic E-state index is 15.2. The number of aromatic nitrogens is 4. The van der Waals surface area contributed by atoms with Crippen LogP contribution in [-0.4, -0.2) is 137 Å². The average Bonchev–Trinajstić information content (AvgIpc) is 3.78. The molecule has 0 saturated carbocycles. The summed E-state index contributed by atoms with van der Waals surface area (Å²) < 4.78 is 27.3. The smallest absolute Gasteiger partial charge is 0.249 e. The number of imide groups is 1. The second-order valence-electron chi connectivity index (χ2n) is 18.3. The van der Waals surface area contributed by atoms with Gasteiger partial charge in [-0.25, -0.2) is 9.37 Å². The molecular formula is C50H57Cl2FN10O6. The van der Waals surface area contributed by atoms with Crippen molar-refractivity contribution in [3.05, 3.63) is 94.1 Å². The predicted molar refractivity (Wildman–Crippen MR) is 261 cm³/mol. The molecule has 4 saturated heterocycles. The first-order chi connectivity index (χ1) is 33.5. The monoisotopic (exact) mass is 982 g/mol. The number of piperazine rings is 1. The van der Waals surface area contributed by atoms with Crippen LogP contribution in [0.5, 0.6) is 5.75 Å². The predicted octanol–water partition coefficient (Wildman–Crippen LogP) is 7.00. The van der Waals surface area contributed by atoms with E-state index in [0.29, 0.717) is 111 Å². The number of likely N-dealkylation sites (tertiary alicyclic amines) is 2. The topological polar surface area (TPSA) is 178 Å². The highest BCUT2D eigenvalue weighted by atomic mass is 35.5. The zero-order chi connectivity index (χ0) is 48.0. The number of ether oxygens (including phenoxy) is 2. The number of aromatic amines is 1. The molecule has 19 heteroatoms. The average molecular weight is 984 g/mol. The molecule has 0 bridgehead atoms. The molecule has 0 aliphatic carbocycles. The van der Waals surface area contributed by atoms with Gasteiger partial charge in [0.2, 0.25) is 23.6 Å². The number of benzene rings is 2. The molecule has 7 heterocycles. The number of amides is 4. The Morgan fingerprint density at radius 3 is 2.35 bits per heavy atom. The number of piperidine rings is 3.